The van der Waals surface area contributed by atoms with Crippen LogP contribution < -0.4 is 0 Å². The molecule has 0 fully saturated rings. The van der Waals surface area contributed by atoms with Crippen molar-refractivity contribution in [1.82, 2.24) is 0 Å². The molecule has 0 aliphatic carbocycles. The molecule has 0 saturated heterocycles. The molecule has 1 aromatic rings. The predicted molar refractivity (Wildman–Crippen MR) is 98.0 cm³/mol. The number of benzene rings is 1. The number of aliphatic hydroxyl groups is 1. The van der Waals surface area contributed by atoms with Crippen molar-refractivity contribution in [3.8, 4) is 11.8 Å². The molecular weight excluding hydrogens is 300 g/mol. The molecule has 0 unspecified atom stereocenters. The normalized spacial score (nSPS) is 13.3. The highest BCUT2D eigenvalue weighted by molar-refractivity contribution is 5.13. The van der Waals surface area contributed by atoms with E-state index in [0.717, 1.165) is 37.7 Å². The van der Waals surface area contributed by atoms with E-state index in [9.17, 15) is 5.11 Å². The lowest BCUT2D eigenvalue weighted by atomic mass is 9.96. The average molecular weight is 330 g/mol. The van der Waals surface area contributed by atoms with E-state index in [0.29, 0.717) is 6.61 Å². The van der Waals surface area contributed by atoms with Crippen LogP contribution in [0.15, 0.2) is 42.7 Å². The Balaban J connectivity index is 2.33. The van der Waals surface area contributed by atoms with Crippen LogP contribution in [0.5, 0.6) is 0 Å². The molecule has 2 atom stereocenters. The van der Waals surface area contributed by atoms with Crippen molar-refractivity contribution in [1.29, 1.82) is 0 Å². The average Bonchev–Trinajstić information content (AvgIpc) is 2.61. The lowest BCUT2D eigenvalue weighted by Crippen LogP contribution is -2.16. The number of unbranched alkanes of at least 4 members (excludes halogenated alkanes) is 2. The maximum atomic E-state index is 10.2. The second kappa shape index (κ2) is 13.7. The lowest BCUT2D eigenvalue weighted by Gasteiger charge is -2.14. The number of rotatable bonds is 11. The van der Waals surface area contributed by atoms with E-state index >= 15 is 0 Å². The van der Waals surface area contributed by atoms with Gasteiger partial charge in [0.25, 0.3) is 0 Å². The molecule has 132 valence electrons. The summed E-state index contributed by atoms with van der Waals surface area (Å²) in [7, 11) is 0. The van der Waals surface area contributed by atoms with Gasteiger partial charge in [-0.1, -0.05) is 62.9 Å². The smallest absolute Gasteiger partial charge is 0.188 e. The summed E-state index contributed by atoms with van der Waals surface area (Å²) in [5, 5.41) is 10.2. The molecule has 0 heterocycles. The summed E-state index contributed by atoms with van der Waals surface area (Å²) in [6.07, 6.45) is 7.79. The van der Waals surface area contributed by atoms with E-state index in [-0.39, 0.29) is 12.7 Å². The van der Waals surface area contributed by atoms with Crippen molar-refractivity contribution < 1.29 is 14.6 Å². The van der Waals surface area contributed by atoms with E-state index in [4.69, 9.17) is 9.47 Å². The van der Waals surface area contributed by atoms with Gasteiger partial charge in [-0.3, -0.25) is 0 Å². The zero-order valence-electron chi connectivity index (χ0n) is 14.9. The van der Waals surface area contributed by atoms with Gasteiger partial charge in [-0.05, 0) is 24.5 Å². The first-order valence-electron chi connectivity index (χ1n) is 8.84. The van der Waals surface area contributed by atoms with Crippen molar-refractivity contribution in [2.75, 3.05) is 6.79 Å². The van der Waals surface area contributed by atoms with Crippen LogP contribution in [0.1, 0.15) is 51.5 Å². The van der Waals surface area contributed by atoms with Crippen LogP contribution in [0.3, 0.4) is 0 Å². The molecule has 0 aliphatic rings. The van der Waals surface area contributed by atoms with Crippen molar-refractivity contribution >= 4 is 0 Å². The van der Waals surface area contributed by atoms with Crippen molar-refractivity contribution in [2.24, 2.45) is 5.92 Å². The molecule has 0 radical (unpaired) electrons. The number of aliphatic hydroxyl groups excluding tert-OH is 1. The molecule has 1 N–H and O–H groups in total. The minimum absolute atomic E-state index is 0.00318. The second-order valence-electron chi connectivity index (χ2n) is 5.77. The van der Waals surface area contributed by atoms with Gasteiger partial charge in [-0.15, -0.1) is 5.92 Å². The quantitative estimate of drug-likeness (QED) is 0.277. The van der Waals surface area contributed by atoms with Crippen LogP contribution in [-0.4, -0.2) is 18.0 Å². The van der Waals surface area contributed by atoms with Gasteiger partial charge in [0.05, 0.1) is 12.9 Å². The van der Waals surface area contributed by atoms with E-state index < -0.39 is 6.10 Å². The standard InChI is InChI=1S/C21H30O3/c1-3-5-8-14-21(22)20(13-6-4-2)15-16-23-18-24-17-19-11-9-7-10-12-19/h7,9-12,15-16,20-22H,3-6,13,17-18H2,1-2H3/b16-15+/t20-,21-/m1/s1. The van der Waals surface area contributed by atoms with Gasteiger partial charge in [0.15, 0.2) is 6.79 Å². The van der Waals surface area contributed by atoms with Crippen LogP contribution in [0.25, 0.3) is 0 Å². The summed E-state index contributed by atoms with van der Waals surface area (Å²) < 4.78 is 10.8. The molecule has 24 heavy (non-hydrogen) atoms. The Hall–Kier alpha value is -1.76. The van der Waals surface area contributed by atoms with Crippen LogP contribution in [0.2, 0.25) is 0 Å². The fourth-order valence-electron chi connectivity index (χ4n) is 2.19. The highest BCUT2D eigenvalue weighted by Gasteiger charge is 2.13. The summed E-state index contributed by atoms with van der Waals surface area (Å²) in [5.41, 5.74) is 1.12. The molecular formula is C21H30O3. The first kappa shape index (κ1) is 20.3. The fourth-order valence-corrected chi connectivity index (χ4v) is 2.19. The Morgan fingerprint density at radius 1 is 1.17 bits per heavy atom. The zero-order valence-corrected chi connectivity index (χ0v) is 14.9. The molecule has 0 aliphatic heterocycles. The molecule has 3 heteroatoms. The Labute approximate surface area is 146 Å². The fraction of sp³-hybridized carbons (Fsp3) is 0.524. The molecule has 1 rings (SSSR count). The van der Waals surface area contributed by atoms with Gasteiger partial charge in [0.1, 0.15) is 6.10 Å². The van der Waals surface area contributed by atoms with Crippen molar-refractivity contribution in [3.63, 3.8) is 0 Å². The first-order valence-corrected chi connectivity index (χ1v) is 8.84. The molecule has 1 aromatic carbocycles. The first-order chi connectivity index (χ1) is 11.8. The third-order valence-corrected chi connectivity index (χ3v) is 3.61. The maximum absolute atomic E-state index is 10.2. The SMILES string of the molecule is CCCC#C[C@@H](O)[C@@H](/C=C/OCOCc1ccccc1)CCCC. The van der Waals surface area contributed by atoms with Gasteiger partial charge in [-0.2, -0.15) is 0 Å². The van der Waals surface area contributed by atoms with Crippen LogP contribution in [-0.2, 0) is 16.1 Å². The summed E-state index contributed by atoms with van der Waals surface area (Å²) >= 11 is 0. The predicted octanol–water partition coefficient (Wildman–Crippen LogP) is 4.66. The Morgan fingerprint density at radius 2 is 1.96 bits per heavy atom. The molecule has 0 aromatic heterocycles. The monoisotopic (exact) mass is 330 g/mol. The molecule has 0 spiro atoms. The summed E-state index contributed by atoms with van der Waals surface area (Å²) in [5.74, 6) is 5.96. The molecule has 0 saturated carbocycles. The second-order valence-corrected chi connectivity index (χ2v) is 5.77. The van der Waals surface area contributed by atoms with Gasteiger partial charge in [0.2, 0.25) is 0 Å². The zero-order chi connectivity index (χ0) is 17.5. The summed E-state index contributed by atoms with van der Waals surface area (Å²) in [6.45, 7) is 4.95. The van der Waals surface area contributed by atoms with Gasteiger partial charge >= 0.3 is 0 Å². The largest absolute Gasteiger partial charge is 0.475 e. The lowest BCUT2D eigenvalue weighted by molar-refractivity contribution is -0.0213. The van der Waals surface area contributed by atoms with Crippen LogP contribution in [0.4, 0.5) is 0 Å². The van der Waals surface area contributed by atoms with E-state index in [2.05, 4.69) is 25.7 Å². The minimum atomic E-state index is -0.631. The van der Waals surface area contributed by atoms with E-state index in [1.807, 2.05) is 36.4 Å². The van der Waals surface area contributed by atoms with Crippen LogP contribution >= 0.6 is 0 Å². The molecule has 3 nitrogen and oxygen atoms in total. The van der Waals surface area contributed by atoms with Crippen molar-refractivity contribution in [2.45, 2.75) is 58.7 Å². The third-order valence-electron chi connectivity index (χ3n) is 3.61. The minimum Gasteiger partial charge on any atom is -0.475 e. The maximum Gasteiger partial charge on any atom is 0.188 e. The topological polar surface area (TPSA) is 38.7 Å². The van der Waals surface area contributed by atoms with Gasteiger partial charge < -0.3 is 14.6 Å². The van der Waals surface area contributed by atoms with E-state index in [1.165, 1.54) is 0 Å². The Kier molecular flexibility index (Phi) is 11.5. The van der Waals surface area contributed by atoms with Crippen molar-refractivity contribution in [3.05, 3.63) is 48.2 Å². The van der Waals surface area contributed by atoms with Crippen LogP contribution in [0, 0.1) is 17.8 Å². The van der Waals surface area contributed by atoms with Gasteiger partial charge in [0, 0.05) is 12.3 Å². The number of hydrogen-bond donors (Lipinski definition) is 1. The summed E-state index contributed by atoms with van der Waals surface area (Å²) in [6, 6.07) is 9.98. The third kappa shape index (κ3) is 9.39. The van der Waals surface area contributed by atoms with E-state index in [1.54, 1.807) is 6.26 Å². The highest BCUT2D eigenvalue weighted by Crippen LogP contribution is 2.15. The number of ether oxygens (including phenoxy) is 2. The molecule has 0 bridgehead atoms. The molecule has 0 amide bonds. The Bertz CT molecular complexity index is 499. The Morgan fingerprint density at radius 3 is 2.67 bits per heavy atom. The van der Waals surface area contributed by atoms with Gasteiger partial charge in [-0.25, -0.2) is 0 Å². The summed E-state index contributed by atoms with van der Waals surface area (Å²) in [4.78, 5) is 0. The highest BCUT2D eigenvalue weighted by atomic mass is 16.7. The number of hydrogen-bond acceptors (Lipinski definition) is 3.